The van der Waals surface area contributed by atoms with Crippen LogP contribution >= 0.6 is 0 Å². The smallest absolute Gasteiger partial charge is 0.294 e. The van der Waals surface area contributed by atoms with Gasteiger partial charge in [-0.05, 0) is 18.2 Å². The molecule has 3 heterocycles. The van der Waals surface area contributed by atoms with Gasteiger partial charge >= 0.3 is 0 Å². The standard InChI is InChI=1S/C21H26N6O3/c1-24(15-16-7-9-22-25(16)2)19(28)8-10-27-18-6-4-3-5-17(18)23-20(21(27)29)26-11-13-30-14-12-26/h3-7,9H,8,10-15H2,1-2H3. The van der Waals surface area contributed by atoms with Crippen molar-refractivity contribution in [2.45, 2.75) is 19.5 Å². The molecule has 0 bridgehead atoms. The number of hydrogen-bond acceptors (Lipinski definition) is 6. The second kappa shape index (κ2) is 8.66. The number of benzene rings is 1. The fraction of sp³-hybridized carbons (Fsp3) is 0.429. The molecule has 0 unspecified atom stereocenters. The van der Waals surface area contributed by atoms with Crippen molar-refractivity contribution in [1.82, 2.24) is 24.2 Å². The number of anilines is 1. The number of aromatic nitrogens is 4. The molecule has 1 aliphatic rings. The fourth-order valence-electron chi connectivity index (χ4n) is 3.67. The van der Waals surface area contributed by atoms with Crippen LogP contribution in [0.15, 0.2) is 41.3 Å². The van der Waals surface area contributed by atoms with Crippen LogP contribution in [0.2, 0.25) is 0 Å². The summed E-state index contributed by atoms with van der Waals surface area (Å²) in [7, 11) is 3.62. The summed E-state index contributed by atoms with van der Waals surface area (Å²) < 4.78 is 8.82. The van der Waals surface area contributed by atoms with E-state index >= 15 is 0 Å². The molecule has 3 aromatic rings. The van der Waals surface area contributed by atoms with Crippen molar-refractivity contribution < 1.29 is 9.53 Å². The highest BCUT2D eigenvalue weighted by Crippen LogP contribution is 2.16. The van der Waals surface area contributed by atoms with Crippen LogP contribution in [0.25, 0.3) is 11.0 Å². The highest BCUT2D eigenvalue weighted by molar-refractivity contribution is 5.78. The monoisotopic (exact) mass is 410 g/mol. The molecule has 30 heavy (non-hydrogen) atoms. The topological polar surface area (TPSA) is 85.5 Å². The fourth-order valence-corrected chi connectivity index (χ4v) is 3.67. The minimum atomic E-state index is -0.169. The van der Waals surface area contributed by atoms with E-state index in [1.54, 1.807) is 27.4 Å². The number of morpholine rings is 1. The predicted octanol–water partition coefficient (Wildman–Crippen LogP) is 1.02. The Morgan fingerprint density at radius 2 is 1.97 bits per heavy atom. The second-order valence-corrected chi connectivity index (χ2v) is 7.43. The molecule has 1 aliphatic heterocycles. The second-order valence-electron chi connectivity index (χ2n) is 7.43. The van der Waals surface area contributed by atoms with Crippen LogP contribution in [0, 0.1) is 0 Å². The molecular weight excluding hydrogens is 384 g/mol. The van der Waals surface area contributed by atoms with Crippen LogP contribution in [-0.2, 0) is 29.7 Å². The number of aryl methyl sites for hydroxylation is 2. The first-order chi connectivity index (χ1) is 14.5. The summed E-state index contributed by atoms with van der Waals surface area (Å²) in [4.78, 5) is 34.2. The molecule has 2 aromatic heterocycles. The quantitative estimate of drug-likeness (QED) is 0.603. The lowest BCUT2D eigenvalue weighted by Crippen LogP contribution is -2.41. The largest absolute Gasteiger partial charge is 0.378 e. The van der Waals surface area contributed by atoms with Crippen molar-refractivity contribution >= 4 is 22.8 Å². The molecule has 1 saturated heterocycles. The van der Waals surface area contributed by atoms with Gasteiger partial charge in [0.2, 0.25) is 5.91 Å². The van der Waals surface area contributed by atoms with E-state index in [9.17, 15) is 9.59 Å². The van der Waals surface area contributed by atoms with Gasteiger partial charge in [-0.3, -0.25) is 14.3 Å². The highest BCUT2D eigenvalue weighted by atomic mass is 16.5. The number of carbonyl (C=O) groups excluding carboxylic acids is 1. The first-order valence-electron chi connectivity index (χ1n) is 10.1. The van der Waals surface area contributed by atoms with Crippen LogP contribution < -0.4 is 10.5 Å². The summed E-state index contributed by atoms with van der Waals surface area (Å²) >= 11 is 0. The first-order valence-corrected chi connectivity index (χ1v) is 10.1. The molecule has 4 rings (SSSR count). The van der Waals surface area contributed by atoms with Gasteiger partial charge in [-0.15, -0.1) is 0 Å². The molecule has 0 aliphatic carbocycles. The van der Waals surface area contributed by atoms with Crippen molar-refractivity contribution in [2.24, 2.45) is 7.05 Å². The van der Waals surface area contributed by atoms with Gasteiger partial charge in [0.1, 0.15) is 0 Å². The minimum Gasteiger partial charge on any atom is -0.378 e. The third kappa shape index (κ3) is 4.06. The van der Waals surface area contributed by atoms with E-state index < -0.39 is 0 Å². The molecule has 0 spiro atoms. The number of nitrogens with zero attached hydrogens (tertiary/aromatic N) is 6. The zero-order valence-corrected chi connectivity index (χ0v) is 17.3. The van der Waals surface area contributed by atoms with Gasteiger partial charge < -0.3 is 19.1 Å². The number of para-hydroxylation sites is 2. The Morgan fingerprint density at radius 1 is 1.20 bits per heavy atom. The summed E-state index contributed by atoms with van der Waals surface area (Å²) in [6, 6.07) is 9.44. The van der Waals surface area contributed by atoms with Crippen LogP contribution in [0.1, 0.15) is 12.1 Å². The Hall–Kier alpha value is -3.20. The highest BCUT2D eigenvalue weighted by Gasteiger charge is 2.20. The number of ether oxygens (including phenoxy) is 1. The van der Waals surface area contributed by atoms with Crippen LogP contribution in [0.5, 0.6) is 0 Å². The SMILES string of the molecule is CN(Cc1ccnn1C)C(=O)CCn1c(=O)c(N2CCOCC2)nc2ccccc21. The van der Waals surface area contributed by atoms with E-state index in [0.717, 1.165) is 16.7 Å². The molecule has 158 valence electrons. The Morgan fingerprint density at radius 3 is 2.70 bits per heavy atom. The van der Waals surface area contributed by atoms with Crippen molar-refractivity contribution in [1.29, 1.82) is 0 Å². The Kier molecular flexibility index (Phi) is 5.80. The van der Waals surface area contributed by atoms with Gasteiger partial charge in [0.05, 0.1) is 36.5 Å². The molecule has 1 amide bonds. The van der Waals surface area contributed by atoms with Gasteiger partial charge in [-0.25, -0.2) is 4.98 Å². The Labute approximate surface area is 174 Å². The molecule has 9 heteroatoms. The summed E-state index contributed by atoms with van der Waals surface area (Å²) in [6.45, 7) is 3.19. The zero-order valence-electron chi connectivity index (χ0n) is 17.3. The average Bonchev–Trinajstić information content (AvgIpc) is 3.17. The number of amides is 1. The molecule has 1 fully saturated rings. The minimum absolute atomic E-state index is 0.0306. The lowest BCUT2D eigenvalue weighted by molar-refractivity contribution is -0.130. The van der Waals surface area contributed by atoms with Gasteiger partial charge in [0, 0.05) is 46.3 Å². The third-order valence-corrected chi connectivity index (χ3v) is 5.44. The van der Waals surface area contributed by atoms with Crippen molar-refractivity contribution in [3.8, 4) is 0 Å². The number of fused-ring (bicyclic) bond motifs is 1. The number of rotatable bonds is 6. The molecule has 0 atom stereocenters. The normalized spacial score (nSPS) is 14.3. The van der Waals surface area contributed by atoms with Crippen molar-refractivity contribution in [3.05, 3.63) is 52.6 Å². The predicted molar refractivity (Wildman–Crippen MR) is 113 cm³/mol. The van der Waals surface area contributed by atoms with Crippen molar-refractivity contribution in [2.75, 3.05) is 38.3 Å². The first kappa shape index (κ1) is 20.1. The van der Waals surface area contributed by atoms with E-state index in [0.29, 0.717) is 45.2 Å². The van der Waals surface area contributed by atoms with E-state index in [1.165, 1.54) is 0 Å². The molecule has 1 aromatic carbocycles. The summed E-state index contributed by atoms with van der Waals surface area (Å²) in [5.74, 6) is 0.393. The average molecular weight is 410 g/mol. The maximum atomic E-state index is 13.2. The van der Waals surface area contributed by atoms with Crippen LogP contribution in [0.3, 0.4) is 0 Å². The van der Waals surface area contributed by atoms with Crippen molar-refractivity contribution in [3.63, 3.8) is 0 Å². The van der Waals surface area contributed by atoms with Gasteiger partial charge in [-0.1, -0.05) is 12.1 Å². The lowest BCUT2D eigenvalue weighted by atomic mass is 10.2. The molecule has 0 saturated carbocycles. The van der Waals surface area contributed by atoms with E-state index in [2.05, 4.69) is 10.1 Å². The maximum Gasteiger partial charge on any atom is 0.294 e. The Bertz CT molecular complexity index is 1100. The third-order valence-electron chi connectivity index (χ3n) is 5.44. The molecule has 0 radical (unpaired) electrons. The molecular formula is C21H26N6O3. The lowest BCUT2D eigenvalue weighted by Gasteiger charge is -2.28. The van der Waals surface area contributed by atoms with Crippen LogP contribution in [0.4, 0.5) is 5.82 Å². The van der Waals surface area contributed by atoms with Crippen LogP contribution in [-0.4, -0.2) is 63.5 Å². The maximum absolute atomic E-state index is 13.2. The molecule has 0 N–H and O–H groups in total. The number of hydrogen-bond donors (Lipinski definition) is 0. The van der Waals surface area contributed by atoms with Gasteiger partial charge in [0.25, 0.3) is 5.56 Å². The van der Waals surface area contributed by atoms with E-state index in [1.807, 2.05) is 42.3 Å². The van der Waals surface area contributed by atoms with E-state index in [-0.39, 0.29) is 17.9 Å². The Balaban J connectivity index is 1.57. The zero-order chi connectivity index (χ0) is 21.1. The summed E-state index contributed by atoms with van der Waals surface area (Å²) in [5.41, 5.74) is 2.26. The van der Waals surface area contributed by atoms with Gasteiger partial charge in [0.15, 0.2) is 5.82 Å². The number of carbonyl (C=O) groups is 1. The molecule has 9 nitrogen and oxygen atoms in total. The summed E-state index contributed by atoms with van der Waals surface area (Å²) in [5, 5.41) is 4.14. The van der Waals surface area contributed by atoms with E-state index in [4.69, 9.17) is 4.74 Å². The summed E-state index contributed by atoms with van der Waals surface area (Å²) in [6.07, 6.45) is 1.94. The van der Waals surface area contributed by atoms with Gasteiger partial charge in [-0.2, -0.15) is 5.10 Å².